The molecule has 1 rings (SSSR count). The first-order valence-corrected chi connectivity index (χ1v) is 7.26. The molecule has 0 saturated carbocycles. The predicted octanol–water partition coefficient (Wildman–Crippen LogP) is 0.735. The molecule has 0 aromatic rings. The standard InChI is InChI=1S/C14H27N3O2/c1-4-5-11-6-7-17(9-11)12(18)8-16-14(19)13(15)10(2)3/h10-11,13H,4-9,15H2,1-3H3,(H,16,19)/t11?,13-/m0/s1. The van der Waals surface area contributed by atoms with Crippen LogP contribution in [0.15, 0.2) is 0 Å². The predicted molar refractivity (Wildman–Crippen MR) is 75.4 cm³/mol. The van der Waals surface area contributed by atoms with E-state index in [2.05, 4.69) is 12.2 Å². The Balaban J connectivity index is 2.30. The Labute approximate surface area is 115 Å². The maximum Gasteiger partial charge on any atom is 0.241 e. The molecular formula is C14H27N3O2. The molecule has 2 atom stereocenters. The van der Waals surface area contributed by atoms with E-state index in [1.807, 2.05) is 18.7 Å². The molecule has 2 amide bonds. The fourth-order valence-corrected chi connectivity index (χ4v) is 2.40. The highest BCUT2D eigenvalue weighted by atomic mass is 16.2. The van der Waals surface area contributed by atoms with Crippen molar-refractivity contribution in [2.45, 2.75) is 46.1 Å². The van der Waals surface area contributed by atoms with Crippen molar-refractivity contribution in [3.8, 4) is 0 Å². The quantitative estimate of drug-likeness (QED) is 0.746. The van der Waals surface area contributed by atoms with Crippen molar-refractivity contribution in [1.82, 2.24) is 10.2 Å². The fourth-order valence-electron chi connectivity index (χ4n) is 2.40. The van der Waals surface area contributed by atoms with Crippen molar-refractivity contribution in [1.29, 1.82) is 0 Å². The Morgan fingerprint density at radius 3 is 2.68 bits per heavy atom. The normalized spacial score (nSPS) is 20.7. The second-order valence-corrected chi connectivity index (χ2v) is 5.77. The topological polar surface area (TPSA) is 75.4 Å². The van der Waals surface area contributed by atoms with Gasteiger partial charge in [-0.3, -0.25) is 9.59 Å². The van der Waals surface area contributed by atoms with E-state index in [4.69, 9.17) is 5.73 Å². The van der Waals surface area contributed by atoms with Crippen LogP contribution >= 0.6 is 0 Å². The molecular weight excluding hydrogens is 242 g/mol. The first-order chi connectivity index (χ1) is 8.95. The summed E-state index contributed by atoms with van der Waals surface area (Å²) in [5.41, 5.74) is 5.72. The smallest absolute Gasteiger partial charge is 0.241 e. The fraction of sp³-hybridized carbons (Fsp3) is 0.857. The average Bonchev–Trinajstić information content (AvgIpc) is 2.83. The van der Waals surface area contributed by atoms with Gasteiger partial charge in [-0.2, -0.15) is 0 Å². The summed E-state index contributed by atoms with van der Waals surface area (Å²) < 4.78 is 0. The summed E-state index contributed by atoms with van der Waals surface area (Å²) in [6.07, 6.45) is 3.42. The van der Waals surface area contributed by atoms with E-state index in [-0.39, 0.29) is 24.3 Å². The zero-order valence-corrected chi connectivity index (χ0v) is 12.3. The van der Waals surface area contributed by atoms with Crippen LogP contribution in [0.1, 0.15) is 40.0 Å². The number of nitrogens with zero attached hydrogens (tertiary/aromatic N) is 1. The van der Waals surface area contributed by atoms with Crippen LogP contribution in [-0.2, 0) is 9.59 Å². The van der Waals surface area contributed by atoms with Gasteiger partial charge in [-0.05, 0) is 24.7 Å². The van der Waals surface area contributed by atoms with Crippen molar-refractivity contribution >= 4 is 11.8 Å². The lowest BCUT2D eigenvalue weighted by Crippen LogP contribution is -2.47. The number of rotatable bonds is 6. The van der Waals surface area contributed by atoms with E-state index >= 15 is 0 Å². The van der Waals surface area contributed by atoms with Crippen LogP contribution in [-0.4, -0.2) is 42.4 Å². The van der Waals surface area contributed by atoms with Crippen LogP contribution in [0.25, 0.3) is 0 Å². The molecule has 1 fully saturated rings. The van der Waals surface area contributed by atoms with Crippen LogP contribution in [0.4, 0.5) is 0 Å². The molecule has 1 saturated heterocycles. The summed E-state index contributed by atoms with van der Waals surface area (Å²) >= 11 is 0. The lowest BCUT2D eigenvalue weighted by Gasteiger charge is -2.19. The number of carbonyl (C=O) groups is 2. The minimum absolute atomic E-state index is 0.00269. The van der Waals surface area contributed by atoms with Gasteiger partial charge in [0.05, 0.1) is 12.6 Å². The Hall–Kier alpha value is -1.10. The van der Waals surface area contributed by atoms with E-state index in [0.29, 0.717) is 5.92 Å². The van der Waals surface area contributed by atoms with E-state index in [9.17, 15) is 9.59 Å². The molecule has 3 N–H and O–H groups in total. The summed E-state index contributed by atoms with van der Waals surface area (Å²) in [7, 11) is 0. The van der Waals surface area contributed by atoms with Crippen molar-refractivity contribution < 1.29 is 9.59 Å². The van der Waals surface area contributed by atoms with Gasteiger partial charge in [0.2, 0.25) is 11.8 Å². The lowest BCUT2D eigenvalue weighted by molar-refractivity contribution is -0.132. The Morgan fingerprint density at radius 1 is 1.42 bits per heavy atom. The first kappa shape index (κ1) is 16.0. The average molecular weight is 269 g/mol. The summed E-state index contributed by atoms with van der Waals surface area (Å²) in [6.45, 7) is 7.66. The largest absolute Gasteiger partial charge is 0.346 e. The number of hydrogen-bond donors (Lipinski definition) is 2. The van der Waals surface area contributed by atoms with E-state index in [1.54, 1.807) is 0 Å². The van der Waals surface area contributed by atoms with Crippen molar-refractivity contribution in [2.75, 3.05) is 19.6 Å². The molecule has 1 heterocycles. The highest BCUT2D eigenvalue weighted by Crippen LogP contribution is 2.20. The highest BCUT2D eigenvalue weighted by molar-refractivity contribution is 5.87. The number of likely N-dealkylation sites (tertiary alicyclic amines) is 1. The zero-order valence-electron chi connectivity index (χ0n) is 12.3. The number of nitrogens with two attached hydrogens (primary N) is 1. The molecule has 110 valence electrons. The summed E-state index contributed by atoms with van der Waals surface area (Å²) in [5, 5.41) is 2.63. The van der Waals surface area contributed by atoms with Crippen molar-refractivity contribution in [3.05, 3.63) is 0 Å². The summed E-state index contributed by atoms with van der Waals surface area (Å²) in [5.74, 6) is 0.467. The molecule has 19 heavy (non-hydrogen) atoms. The van der Waals surface area contributed by atoms with Gasteiger partial charge in [-0.25, -0.2) is 0 Å². The molecule has 0 aromatic heterocycles. The highest BCUT2D eigenvalue weighted by Gasteiger charge is 2.26. The molecule has 0 aromatic carbocycles. The van der Waals surface area contributed by atoms with E-state index in [0.717, 1.165) is 25.9 Å². The summed E-state index contributed by atoms with van der Waals surface area (Å²) in [4.78, 5) is 25.5. The van der Waals surface area contributed by atoms with Gasteiger partial charge in [0, 0.05) is 13.1 Å². The Kier molecular flexibility index (Phi) is 6.28. The lowest BCUT2D eigenvalue weighted by atomic mass is 10.0. The molecule has 0 spiro atoms. The molecule has 0 bridgehead atoms. The third kappa shape index (κ3) is 4.82. The summed E-state index contributed by atoms with van der Waals surface area (Å²) in [6, 6.07) is -0.542. The number of nitrogens with one attached hydrogen (secondary N) is 1. The number of hydrogen-bond acceptors (Lipinski definition) is 3. The van der Waals surface area contributed by atoms with Crippen LogP contribution in [0, 0.1) is 11.8 Å². The van der Waals surface area contributed by atoms with Crippen molar-refractivity contribution in [2.24, 2.45) is 17.6 Å². The van der Waals surface area contributed by atoms with Crippen LogP contribution in [0.2, 0.25) is 0 Å². The maximum absolute atomic E-state index is 12.0. The minimum Gasteiger partial charge on any atom is -0.346 e. The Morgan fingerprint density at radius 2 is 2.11 bits per heavy atom. The van der Waals surface area contributed by atoms with Gasteiger partial charge in [-0.1, -0.05) is 27.2 Å². The van der Waals surface area contributed by atoms with Gasteiger partial charge >= 0.3 is 0 Å². The van der Waals surface area contributed by atoms with E-state index in [1.165, 1.54) is 6.42 Å². The third-order valence-corrected chi connectivity index (χ3v) is 3.77. The van der Waals surface area contributed by atoms with Crippen LogP contribution in [0.3, 0.4) is 0 Å². The molecule has 1 aliphatic heterocycles. The van der Waals surface area contributed by atoms with Gasteiger partial charge in [0.25, 0.3) is 0 Å². The van der Waals surface area contributed by atoms with Gasteiger partial charge in [0.15, 0.2) is 0 Å². The first-order valence-electron chi connectivity index (χ1n) is 7.26. The van der Waals surface area contributed by atoms with E-state index < -0.39 is 6.04 Å². The molecule has 1 unspecified atom stereocenters. The van der Waals surface area contributed by atoms with Gasteiger partial charge < -0.3 is 16.0 Å². The molecule has 1 aliphatic rings. The number of carbonyl (C=O) groups excluding carboxylic acids is 2. The zero-order chi connectivity index (χ0) is 14.4. The SMILES string of the molecule is CCCC1CCN(C(=O)CNC(=O)[C@@H](N)C(C)C)C1. The van der Waals surface area contributed by atoms with Gasteiger partial charge in [-0.15, -0.1) is 0 Å². The molecule has 5 nitrogen and oxygen atoms in total. The number of amides is 2. The molecule has 0 radical (unpaired) electrons. The molecule has 5 heteroatoms. The van der Waals surface area contributed by atoms with Crippen LogP contribution in [0.5, 0.6) is 0 Å². The molecule has 0 aliphatic carbocycles. The van der Waals surface area contributed by atoms with Gasteiger partial charge in [0.1, 0.15) is 0 Å². The second-order valence-electron chi connectivity index (χ2n) is 5.77. The minimum atomic E-state index is -0.542. The van der Waals surface area contributed by atoms with Crippen molar-refractivity contribution in [3.63, 3.8) is 0 Å². The second kappa shape index (κ2) is 7.48. The monoisotopic (exact) mass is 269 g/mol. The Bertz CT molecular complexity index is 318. The maximum atomic E-state index is 12.0. The van der Waals surface area contributed by atoms with Crippen LogP contribution < -0.4 is 11.1 Å². The third-order valence-electron chi connectivity index (χ3n) is 3.77.